The molecule has 3 aromatic heterocycles. The molecule has 0 aliphatic rings. The van der Waals surface area contributed by atoms with Crippen molar-refractivity contribution in [2.45, 2.75) is 26.8 Å². The Hall–Kier alpha value is -3.79. The predicted octanol–water partition coefficient (Wildman–Crippen LogP) is 4.52. The van der Waals surface area contributed by atoms with Crippen molar-refractivity contribution in [3.8, 4) is 22.7 Å². The second-order valence-electron chi connectivity index (χ2n) is 7.84. The number of carbonyl (C=O) groups excluding carboxylic acids is 1. The molecule has 0 aliphatic heterocycles. The molecule has 2 aromatic carbocycles. The van der Waals surface area contributed by atoms with E-state index in [4.69, 9.17) is 4.42 Å². The first-order valence-corrected chi connectivity index (χ1v) is 11.6. The number of imidazole rings is 1. The Labute approximate surface area is 203 Å². The Balaban J connectivity index is 1.58. The van der Waals surface area contributed by atoms with Gasteiger partial charge >= 0.3 is 0 Å². The molecule has 0 saturated heterocycles. The number of hydrogen-bond acceptors (Lipinski definition) is 6. The largest absolute Gasteiger partial charge is 0.455 e. The molecule has 34 heavy (non-hydrogen) atoms. The van der Waals surface area contributed by atoms with Crippen LogP contribution in [0.15, 0.2) is 51.4 Å². The van der Waals surface area contributed by atoms with E-state index < -0.39 is 0 Å². The lowest BCUT2D eigenvalue weighted by Gasteiger charge is -2.11. The molecule has 3 heterocycles. The van der Waals surface area contributed by atoms with Crippen molar-refractivity contribution >= 4 is 32.8 Å². The number of H-pyrrole nitrogens is 1. The summed E-state index contributed by atoms with van der Waals surface area (Å²) in [4.78, 5) is 17.1. The van der Waals surface area contributed by atoms with Crippen molar-refractivity contribution in [1.29, 1.82) is 0 Å². The summed E-state index contributed by atoms with van der Waals surface area (Å²) in [5.74, 6) is 1.91. The maximum Gasteiger partial charge on any atom is 0.269 e. The second kappa shape index (κ2) is 8.86. The van der Waals surface area contributed by atoms with Crippen molar-refractivity contribution in [2.24, 2.45) is 0 Å². The van der Waals surface area contributed by atoms with E-state index in [1.807, 2.05) is 54.8 Å². The van der Waals surface area contributed by atoms with Crippen LogP contribution in [0.3, 0.4) is 0 Å². The van der Waals surface area contributed by atoms with Gasteiger partial charge in [0.2, 0.25) is 5.82 Å². The minimum atomic E-state index is -0.143. The third-order valence-corrected chi connectivity index (χ3v) is 6.56. The highest BCUT2D eigenvalue weighted by Gasteiger charge is 2.21. The van der Waals surface area contributed by atoms with Gasteiger partial charge in [0.05, 0.1) is 10.2 Å². The molecule has 5 rings (SSSR count). The number of aromatic amines is 1. The number of tetrazole rings is 1. The van der Waals surface area contributed by atoms with Crippen LogP contribution in [0.25, 0.3) is 33.7 Å². The topological polar surface area (TPSA) is 115 Å². The summed E-state index contributed by atoms with van der Waals surface area (Å²) in [6.07, 6.45) is 0.729. The molecule has 5 aromatic rings. The molecule has 0 unspecified atom stereocenters. The Bertz CT molecular complexity index is 1500. The van der Waals surface area contributed by atoms with E-state index in [1.165, 1.54) is 0 Å². The van der Waals surface area contributed by atoms with Gasteiger partial charge < -0.3 is 14.3 Å². The van der Waals surface area contributed by atoms with E-state index in [1.54, 1.807) is 7.05 Å². The van der Waals surface area contributed by atoms with Crippen LogP contribution < -0.4 is 5.32 Å². The maximum atomic E-state index is 12.5. The molecule has 0 spiro atoms. The fourth-order valence-electron chi connectivity index (χ4n) is 4.20. The number of aryl methyl sites for hydroxylation is 2. The van der Waals surface area contributed by atoms with Crippen molar-refractivity contribution in [3.05, 3.63) is 69.7 Å². The molecule has 0 bridgehead atoms. The molecule has 1 amide bonds. The van der Waals surface area contributed by atoms with Gasteiger partial charge in [-0.25, -0.2) is 4.98 Å². The second-order valence-corrected chi connectivity index (χ2v) is 8.63. The Morgan fingerprint density at radius 1 is 1.21 bits per heavy atom. The average Bonchev–Trinajstić information content (AvgIpc) is 3.57. The molecular weight excluding hydrogens is 498 g/mol. The molecule has 0 atom stereocenters. The zero-order valence-electron chi connectivity index (χ0n) is 18.9. The first kappa shape index (κ1) is 22.0. The lowest BCUT2D eigenvalue weighted by atomic mass is 10.0. The highest BCUT2D eigenvalue weighted by molar-refractivity contribution is 9.10. The molecule has 0 saturated carbocycles. The molecule has 0 aliphatic carbocycles. The smallest absolute Gasteiger partial charge is 0.269 e. The van der Waals surface area contributed by atoms with E-state index >= 15 is 0 Å². The summed E-state index contributed by atoms with van der Waals surface area (Å²) < 4.78 is 9.06. The van der Waals surface area contributed by atoms with Gasteiger partial charge in [-0.05, 0) is 45.8 Å². The van der Waals surface area contributed by atoms with Crippen LogP contribution in [-0.2, 0) is 13.0 Å². The zero-order valence-corrected chi connectivity index (χ0v) is 20.5. The molecule has 0 radical (unpaired) electrons. The van der Waals surface area contributed by atoms with Gasteiger partial charge in [-0.1, -0.05) is 37.3 Å². The summed E-state index contributed by atoms with van der Waals surface area (Å²) in [7, 11) is 1.63. The number of rotatable bonds is 6. The number of nitrogens with one attached hydrogen (secondary N) is 2. The minimum absolute atomic E-state index is 0.143. The first-order valence-electron chi connectivity index (χ1n) is 10.8. The fraction of sp³-hybridized carbons (Fsp3) is 0.208. The van der Waals surface area contributed by atoms with E-state index in [-0.39, 0.29) is 5.91 Å². The van der Waals surface area contributed by atoms with Crippen molar-refractivity contribution in [3.63, 3.8) is 0 Å². The summed E-state index contributed by atoms with van der Waals surface area (Å²) in [6.45, 7) is 4.42. The van der Waals surface area contributed by atoms with Crippen molar-refractivity contribution in [2.75, 3.05) is 7.05 Å². The lowest BCUT2D eigenvalue weighted by molar-refractivity contribution is 0.0953. The van der Waals surface area contributed by atoms with Gasteiger partial charge in [0.15, 0.2) is 0 Å². The van der Waals surface area contributed by atoms with Crippen LogP contribution in [0.4, 0.5) is 0 Å². The van der Waals surface area contributed by atoms with E-state index in [0.717, 1.165) is 50.1 Å². The van der Waals surface area contributed by atoms with Gasteiger partial charge in [0.1, 0.15) is 22.9 Å². The summed E-state index contributed by atoms with van der Waals surface area (Å²) in [5, 5.41) is 18.1. The van der Waals surface area contributed by atoms with Crippen molar-refractivity contribution in [1.82, 2.24) is 35.5 Å². The number of benzene rings is 2. The van der Waals surface area contributed by atoms with Crippen LogP contribution in [0.1, 0.15) is 34.5 Å². The van der Waals surface area contributed by atoms with Gasteiger partial charge in [-0.2, -0.15) is 5.21 Å². The third-order valence-electron chi connectivity index (χ3n) is 5.77. The first-order chi connectivity index (χ1) is 16.5. The van der Waals surface area contributed by atoms with Crippen LogP contribution in [0, 0.1) is 6.92 Å². The highest BCUT2D eigenvalue weighted by Crippen LogP contribution is 2.41. The quantitative estimate of drug-likeness (QED) is 0.340. The molecule has 2 N–H and O–H groups in total. The number of fused-ring (bicyclic) bond motifs is 1. The standard InChI is InChI=1S/C24H22BrN7O2/c1-4-19-27-13(2)21(24(33)26-3)32(19)12-14-9-10-18-17(11-14)20(25)22(34-18)15-7-5-6-8-16(15)23-28-30-31-29-23/h5-11H,4,12H2,1-3H3,(H,26,33)(H,28,29,30,31). The number of hydrogen-bond donors (Lipinski definition) is 2. The summed E-state index contributed by atoms with van der Waals surface area (Å²) >= 11 is 3.75. The number of furan rings is 1. The number of nitrogens with zero attached hydrogens (tertiary/aromatic N) is 5. The predicted molar refractivity (Wildman–Crippen MR) is 131 cm³/mol. The molecule has 9 nitrogen and oxygen atoms in total. The number of carbonyl (C=O) groups is 1. The van der Waals surface area contributed by atoms with Crippen molar-refractivity contribution < 1.29 is 9.21 Å². The van der Waals surface area contributed by atoms with E-state index in [2.05, 4.69) is 52.9 Å². The SMILES string of the molecule is CCc1nc(C)c(C(=O)NC)n1Cc1ccc2oc(-c3ccccc3-c3nn[nH]n3)c(Br)c2c1. The monoisotopic (exact) mass is 519 g/mol. The number of halogens is 1. The van der Waals surface area contributed by atoms with Gasteiger partial charge in [0, 0.05) is 36.5 Å². The maximum absolute atomic E-state index is 12.5. The Morgan fingerprint density at radius 2 is 2.00 bits per heavy atom. The zero-order chi connectivity index (χ0) is 23.8. The molecule has 0 fully saturated rings. The normalized spacial score (nSPS) is 11.3. The Kier molecular flexibility index (Phi) is 5.74. The van der Waals surface area contributed by atoms with Crippen LogP contribution in [0.5, 0.6) is 0 Å². The molecule has 10 heteroatoms. The fourth-order valence-corrected chi connectivity index (χ4v) is 4.80. The third kappa shape index (κ3) is 3.69. The van der Waals surface area contributed by atoms with Gasteiger partial charge in [-0.3, -0.25) is 4.79 Å². The van der Waals surface area contributed by atoms with Crippen LogP contribution >= 0.6 is 15.9 Å². The van der Waals surface area contributed by atoms with Crippen LogP contribution in [-0.4, -0.2) is 43.1 Å². The van der Waals surface area contributed by atoms with Gasteiger partial charge in [0.25, 0.3) is 5.91 Å². The van der Waals surface area contributed by atoms with E-state index in [9.17, 15) is 4.79 Å². The van der Waals surface area contributed by atoms with Gasteiger partial charge in [-0.15, -0.1) is 10.2 Å². The van der Waals surface area contributed by atoms with E-state index in [0.29, 0.717) is 23.8 Å². The van der Waals surface area contributed by atoms with Crippen LogP contribution in [0.2, 0.25) is 0 Å². The molecule has 172 valence electrons. The summed E-state index contributed by atoms with van der Waals surface area (Å²) in [5.41, 5.74) is 4.76. The number of amides is 1. The lowest BCUT2D eigenvalue weighted by Crippen LogP contribution is -2.23. The minimum Gasteiger partial charge on any atom is -0.455 e. The molecular formula is C24H22BrN7O2. The average molecular weight is 520 g/mol. The Morgan fingerprint density at radius 3 is 2.71 bits per heavy atom. The highest BCUT2D eigenvalue weighted by atomic mass is 79.9. The summed E-state index contributed by atoms with van der Waals surface area (Å²) in [6, 6.07) is 13.8. The number of aromatic nitrogens is 6.